The van der Waals surface area contributed by atoms with Crippen molar-refractivity contribution in [1.82, 2.24) is 5.32 Å². The van der Waals surface area contributed by atoms with Crippen LogP contribution in [0.3, 0.4) is 0 Å². The van der Waals surface area contributed by atoms with Crippen molar-refractivity contribution in [2.24, 2.45) is 0 Å². The maximum absolute atomic E-state index is 13.0. The van der Waals surface area contributed by atoms with Crippen molar-refractivity contribution in [2.75, 3.05) is 13.2 Å². The summed E-state index contributed by atoms with van der Waals surface area (Å²) in [5.74, 6) is -0.178. The number of carbonyl (C=O) groups excluding carboxylic acids is 1. The van der Waals surface area contributed by atoms with Crippen molar-refractivity contribution in [3.8, 4) is 0 Å². The summed E-state index contributed by atoms with van der Waals surface area (Å²) in [6.45, 7) is 3.72. The average Bonchev–Trinajstić information content (AvgIpc) is 3.32. The second-order valence-corrected chi connectivity index (χ2v) is 19.4. The van der Waals surface area contributed by atoms with Gasteiger partial charge in [-0.2, -0.15) is 0 Å². The Labute approximate surface area is 405 Å². The number of aliphatic hydroxyl groups is 5. The van der Waals surface area contributed by atoms with Gasteiger partial charge in [0.05, 0.1) is 25.4 Å². The third-order valence-electron chi connectivity index (χ3n) is 13.1. The Morgan fingerprint density at radius 2 is 0.894 bits per heavy atom. The molecule has 0 aromatic carbocycles. The van der Waals surface area contributed by atoms with E-state index < -0.39 is 49.5 Å². The van der Waals surface area contributed by atoms with Gasteiger partial charge >= 0.3 is 0 Å². The zero-order valence-corrected chi connectivity index (χ0v) is 42.7. The van der Waals surface area contributed by atoms with E-state index in [2.05, 4.69) is 55.6 Å². The number of allylic oxidation sites excluding steroid dienone is 7. The van der Waals surface area contributed by atoms with Crippen LogP contribution in [0.4, 0.5) is 0 Å². The predicted molar refractivity (Wildman–Crippen MR) is 276 cm³/mol. The first-order valence-corrected chi connectivity index (χ1v) is 27.9. The van der Waals surface area contributed by atoms with Crippen LogP contribution in [0.2, 0.25) is 0 Å². The van der Waals surface area contributed by atoms with E-state index in [4.69, 9.17) is 9.47 Å². The topological polar surface area (TPSA) is 149 Å². The Morgan fingerprint density at radius 1 is 0.515 bits per heavy atom. The first-order valence-electron chi connectivity index (χ1n) is 27.9. The molecule has 7 atom stereocenters. The van der Waals surface area contributed by atoms with Crippen LogP contribution in [0.5, 0.6) is 0 Å². The Kier molecular flexibility index (Phi) is 44.1. The smallest absolute Gasteiger partial charge is 0.220 e. The maximum atomic E-state index is 13.0. The molecule has 0 aliphatic carbocycles. The summed E-state index contributed by atoms with van der Waals surface area (Å²) < 4.78 is 11.2. The van der Waals surface area contributed by atoms with E-state index in [0.29, 0.717) is 6.42 Å². The molecule has 0 saturated carbocycles. The van der Waals surface area contributed by atoms with Crippen molar-refractivity contribution < 1.29 is 39.8 Å². The second-order valence-electron chi connectivity index (χ2n) is 19.4. The highest BCUT2D eigenvalue weighted by Crippen LogP contribution is 2.23. The van der Waals surface area contributed by atoms with Gasteiger partial charge in [0.2, 0.25) is 5.91 Å². The minimum atomic E-state index is -1.56. The second kappa shape index (κ2) is 46.9. The minimum absolute atomic E-state index is 0.178. The van der Waals surface area contributed by atoms with Gasteiger partial charge in [-0.3, -0.25) is 4.79 Å². The van der Waals surface area contributed by atoms with Crippen molar-refractivity contribution >= 4 is 5.91 Å². The number of ether oxygens (including phenoxy) is 2. The molecule has 386 valence electrons. The average molecular weight is 932 g/mol. The number of nitrogens with one attached hydrogen (secondary N) is 1. The number of amides is 1. The number of aliphatic hydroxyl groups excluding tert-OH is 5. The molecular formula is C57H105NO8. The van der Waals surface area contributed by atoms with E-state index >= 15 is 0 Å². The molecule has 1 fully saturated rings. The van der Waals surface area contributed by atoms with Gasteiger partial charge in [0.15, 0.2) is 6.29 Å². The monoisotopic (exact) mass is 932 g/mol. The fourth-order valence-electron chi connectivity index (χ4n) is 8.69. The third kappa shape index (κ3) is 36.2. The van der Waals surface area contributed by atoms with Gasteiger partial charge in [0.25, 0.3) is 0 Å². The summed E-state index contributed by atoms with van der Waals surface area (Å²) in [6, 6.07) is -0.801. The fourth-order valence-corrected chi connectivity index (χ4v) is 8.69. The molecule has 9 nitrogen and oxygen atoms in total. The molecule has 6 N–H and O–H groups in total. The van der Waals surface area contributed by atoms with Crippen LogP contribution in [0.1, 0.15) is 251 Å². The standard InChI is InChI=1S/C57H105NO8/c1-3-5-7-9-11-13-14-15-16-17-18-19-20-21-22-23-24-25-26-27-28-29-30-31-32-33-34-35-36-37-38-39-41-43-45-47-53(61)58-50(51(60)46-44-42-40-12-10-8-6-4-2)49-65-57-56(64)55(63)54(62)52(48-59)66-57/h14-15,17-18,20-21,44,46,50-52,54-57,59-60,62-64H,3-13,16,19,22-43,45,47-49H2,1-2H3,(H,58,61)/b15-14-,18-17-,21-20-,46-44+. The van der Waals surface area contributed by atoms with E-state index in [1.807, 2.05) is 6.08 Å². The van der Waals surface area contributed by atoms with Gasteiger partial charge in [0, 0.05) is 6.42 Å². The third-order valence-corrected chi connectivity index (χ3v) is 13.1. The van der Waals surface area contributed by atoms with Gasteiger partial charge in [0.1, 0.15) is 24.4 Å². The molecule has 9 heteroatoms. The van der Waals surface area contributed by atoms with Gasteiger partial charge in [-0.15, -0.1) is 0 Å². The van der Waals surface area contributed by atoms with E-state index in [1.165, 1.54) is 180 Å². The molecule has 0 bridgehead atoms. The van der Waals surface area contributed by atoms with Crippen LogP contribution in [0.15, 0.2) is 48.6 Å². The lowest BCUT2D eigenvalue weighted by molar-refractivity contribution is -0.302. The first-order chi connectivity index (χ1) is 32.3. The van der Waals surface area contributed by atoms with Crippen molar-refractivity contribution in [3.63, 3.8) is 0 Å². The zero-order chi connectivity index (χ0) is 48.0. The Morgan fingerprint density at radius 3 is 1.32 bits per heavy atom. The lowest BCUT2D eigenvalue weighted by Crippen LogP contribution is -2.60. The highest BCUT2D eigenvalue weighted by molar-refractivity contribution is 5.76. The highest BCUT2D eigenvalue weighted by atomic mass is 16.7. The Hall–Kier alpha value is -1.85. The molecule has 1 rings (SSSR count). The lowest BCUT2D eigenvalue weighted by Gasteiger charge is -2.40. The molecule has 0 aromatic rings. The van der Waals surface area contributed by atoms with Gasteiger partial charge in [-0.05, 0) is 57.8 Å². The lowest BCUT2D eigenvalue weighted by atomic mass is 9.99. The normalized spacial score (nSPS) is 20.1. The number of carbonyl (C=O) groups is 1. The van der Waals surface area contributed by atoms with Crippen LogP contribution >= 0.6 is 0 Å². The minimum Gasteiger partial charge on any atom is -0.394 e. The van der Waals surface area contributed by atoms with E-state index in [9.17, 15) is 30.3 Å². The van der Waals surface area contributed by atoms with Crippen LogP contribution < -0.4 is 5.32 Å². The predicted octanol–water partition coefficient (Wildman–Crippen LogP) is 13.3. The maximum Gasteiger partial charge on any atom is 0.220 e. The molecule has 1 aliphatic rings. The van der Waals surface area contributed by atoms with Crippen molar-refractivity contribution in [1.29, 1.82) is 0 Å². The molecule has 1 amide bonds. The summed E-state index contributed by atoms with van der Waals surface area (Å²) >= 11 is 0. The van der Waals surface area contributed by atoms with E-state index in [-0.39, 0.29) is 12.5 Å². The number of hydrogen-bond acceptors (Lipinski definition) is 8. The summed E-state index contributed by atoms with van der Waals surface area (Å²) in [4.78, 5) is 13.0. The molecule has 0 aromatic heterocycles. The number of rotatable bonds is 47. The Bertz CT molecular complexity index is 1170. The first kappa shape index (κ1) is 62.2. The van der Waals surface area contributed by atoms with Gasteiger partial charge in [-0.1, -0.05) is 236 Å². The molecule has 66 heavy (non-hydrogen) atoms. The van der Waals surface area contributed by atoms with Gasteiger partial charge < -0.3 is 40.3 Å². The molecule has 1 aliphatic heterocycles. The van der Waals surface area contributed by atoms with Gasteiger partial charge in [-0.25, -0.2) is 0 Å². The SMILES string of the molecule is CCCCCCC/C=C\C/C=C\C/C=C\CCCCCCCCCCCCCCCCCCCCCCC(=O)NC(COC1OC(CO)C(O)C(O)C1O)C(O)/C=C/CCCCCCCC. The molecule has 0 radical (unpaired) electrons. The van der Waals surface area contributed by atoms with E-state index in [0.717, 1.165) is 51.4 Å². The Balaban J connectivity index is 2.04. The number of unbranched alkanes of at least 4 members (excludes halogenated alkanes) is 31. The van der Waals surface area contributed by atoms with Crippen LogP contribution in [-0.2, 0) is 14.3 Å². The quantitative estimate of drug-likeness (QED) is 0.0261. The van der Waals surface area contributed by atoms with Crippen LogP contribution in [0.25, 0.3) is 0 Å². The zero-order valence-electron chi connectivity index (χ0n) is 42.7. The van der Waals surface area contributed by atoms with Crippen LogP contribution in [0, 0.1) is 0 Å². The summed E-state index contributed by atoms with van der Waals surface area (Å²) in [7, 11) is 0. The number of hydrogen-bond donors (Lipinski definition) is 6. The van der Waals surface area contributed by atoms with Crippen molar-refractivity contribution in [3.05, 3.63) is 48.6 Å². The fraction of sp³-hybridized carbons (Fsp3) is 0.842. The summed E-state index contributed by atoms with van der Waals surface area (Å²) in [5, 5.41) is 54.1. The highest BCUT2D eigenvalue weighted by Gasteiger charge is 2.44. The van der Waals surface area contributed by atoms with Crippen LogP contribution in [-0.4, -0.2) is 87.5 Å². The molecule has 0 spiro atoms. The largest absolute Gasteiger partial charge is 0.394 e. The summed E-state index contributed by atoms with van der Waals surface area (Å²) in [5.41, 5.74) is 0. The molecule has 1 saturated heterocycles. The summed E-state index contributed by atoms with van der Waals surface area (Å²) in [6.07, 6.45) is 55.0. The molecular weight excluding hydrogens is 827 g/mol. The molecule has 1 heterocycles. The van der Waals surface area contributed by atoms with E-state index in [1.54, 1.807) is 6.08 Å². The van der Waals surface area contributed by atoms with Crippen molar-refractivity contribution in [2.45, 2.75) is 294 Å². The molecule has 7 unspecified atom stereocenters.